The zero-order valence-electron chi connectivity index (χ0n) is 14.9. The van der Waals surface area contributed by atoms with Gasteiger partial charge in [-0.3, -0.25) is 9.59 Å². The van der Waals surface area contributed by atoms with Crippen LogP contribution in [0.3, 0.4) is 0 Å². The number of hydrogen-bond acceptors (Lipinski definition) is 2. The summed E-state index contributed by atoms with van der Waals surface area (Å²) in [6, 6.07) is 17.8. The predicted molar refractivity (Wildman–Crippen MR) is 102 cm³/mol. The van der Waals surface area contributed by atoms with Crippen molar-refractivity contribution in [1.82, 2.24) is 10.6 Å². The molecule has 25 heavy (non-hydrogen) atoms. The van der Waals surface area contributed by atoms with Crippen molar-refractivity contribution in [2.45, 2.75) is 33.4 Å². The Kier molecular flexibility index (Phi) is 9.38. The van der Waals surface area contributed by atoms with Gasteiger partial charge in [-0.15, -0.1) is 0 Å². The minimum absolute atomic E-state index is 0.0962. The average Bonchev–Trinajstić information content (AvgIpc) is 2.66. The molecule has 4 heteroatoms. The van der Waals surface area contributed by atoms with Gasteiger partial charge in [0.05, 0.1) is 0 Å². The van der Waals surface area contributed by atoms with Crippen molar-refractivity contribution in [3.8, 4) is 0 Å². The summed E-state index contributed by atoms with van der Waals surface area (Å²) in [5, 5.41) is 5.54. The standard InChI is InChI=1S/C11H13NO.C10H13NO/c1-3-11(13)12-8-10-7-5-4-6-9(10)2;1-2-10(12)11-8-9-6-4-3-5-7-9/h3-7H,1,8H2,2H3,(H,12,13);3-7H,2,8H2,1H3,(H,11,12). The molecular weight excluding hydrogens is 312 g/mol. The summed E-state index contributed by atoms with van der Waals surface area (Å²) in [6.45, 7) is 8.45. The highest BCUT2D eigenvalue weighted by Gasteiger charge is 1.98. The van der Waals surface area contributed by atoms with E-state index in [1.165, 1.54) is 11.6 Å². The predicted octanol–water partition coefficient (Wildman–Crippen LogP) is 3.51. The van der Waals surface area contributed by atoms with Gasteiger partial charge in [-0.2, -0.15) is 0 Å². The lowest BCUT2D eigenvalue weighted by Gasteiger charge is -2.05. The molecular formula is C21H26N2O2. The third-order valence-corrected chi connectivity index (χ3v) is 3.55. The lowest BCUT2D eigenvalue weighted by atomic mass is 10.1. The van der Waals surface area contributed by atoms with Gasteiger partial charge in [-0.25, -0.2) is 0 Å². The number of carbonyl (C=O) groups is 2. The molecule has 0 bridgehead atoms. The molecule has 0 unspecified atom stereocenters. The van der Waals surface area contributed by atoms with Crippen molar-refractivity contribution in [2.24, 2.45) is 0 Å². The minimum atomic E-state index is -0.136. The first-order chi connectivity index (χ1) is 12.1. The van der Waals surface area contributed by atoms with Gasteiger partial charge in [0, 0.05) is 19.5 Å². The number of carbonyl (C=O) groups excluding carboxylic acids is 2. The van der Waals surface area contributed by atoms with Crippen LogP contribution in [-0.4, -0.2) is 11.8 Å². The van der Waals surface area contributed by atoms with Gasteiger partial charge in [0.1, 0.15) is 0 Å². The van der Waals surface area contributed by atoms with E-state index < -0.39 is 0 Å². The van der Waals surface area contributed by atoms with E-state index in [1.807, 2.05) is 68.4 Å². The van der Waals surface area contributed by atoms with Crippen LogP contribution in [-0.2, 0) is 22.7 Å². The van der Waals surface area contributed by atoms with Crippen LogP contribution in [0.15, 0.2) is 67.3 Å². The third-order valence-electron chi connectivity index (χ3n) is 3.55. The average molecular weight is 338 g/mol. The molecule has 0 saturated heterocycles. The Bertz CT molecular complexity index is 681. The molecule has 0 radical (unpaired) electrons. The van der Waals surface area contributed by atoms with E-state index >= 15 is 0 Å². The quantitative estimate of drug-likeness (QED) is 0.792. The molecule has 132 valence electrons. The van der Waals surface area contributed by atoms with Gasteiger partial charge in [-0.1, -0.05) is 68.1 Å². The van der Waals surface area contributed by atoms with E-state index in [9.17, 15) is 9.59 Å². The second-order valence-corrected chi connectivity index (χ2v) is 5.46. The van der Waals surface area contributed by atoms with E-state index in [0.29, 0.717) is 19.5 Å². The van der Waals surface area contributed by atoms with E-state index in [-0.39, 0.29) is 11.8 Å². The molecule has 0 heterocycles. The second-order valence-electron chi connectivity index (χ2n) is 5.46. The highest BCUT2D eigenvalue weighted by atomic mass is 16.2. The van der Waals surface area contributed by atoms with Gasteiger partial charge in [0.2, 0.25) is 11.8 Å². The van der Waals surface area contributed by atoms with Crippen molar-refractivity contribution in [1.29, 1.82) is 0 Å². The molecule has 4 nitrogen and oxygen atoms in total. The summed E-state index contributed by atoms with van der Waals surface area (Å²) in [6.07, 6.45) is 1.82. The number of aryl methyl sites for hydroxylation is 1. The van der Waals surface area contributed by atoms with Crippen LogP contribution in [0.4, 0.5) is 0 Å². The molecule has 0 fully saturated rings. The fourth-order valence-electron chi connectivity index (χ4n) is 1.98. The van der Waals surface area contributed by atoms with Crippen molar-refractivity contribution < 1.29 is 9.59 Å². The van der Waals surface area contributed by atoms with Gasteiger partial charge in [0.15, 0.2) is 0 Å². The zero-order chi connectivity index (χ0) is 18.5. The molecule has 0 aliphatic rings. The molecule has 0 spiro atoms. The van der Waals surface area contributed by atoms with Crippen LogP contribution < -0.4 is 10.6 Å². The van der Waals surface area contributed by atoms with E-state index in [4.69, 9.17) is 0 Å². The normalized spacial score (nSPS) is 9.36. The molecule has 0 atom stereocenters. The first-order valence-corrected chi connectivity index (χ1v) is 8.32. The highest BCUT2D eigenvalue weighted by Crippen LogP contribution is 2.05. The molecule has 2 aromatic rings. The number of rotatable bonds is 6. The molecule has 0 saturated carbocycles. The van der Waals surface area contributed by atoms with Crippen LogP contribution in [0.1, 0.15) is 30.0 Å². The van der Waals surface area contributed by atoms with Gasteiger partial charge < -0.3 is 10.6 Å². The maximum atomic E-state index is 10.9. The van der Waals surface area contributed by atoms with Crippen LogP contribution in [0, 0.1) is 6.92 Å². The van der Waals surface area contributed by atoms with Crippen molar-refractivity contribution in [3.63, 3.8) is 0 Å². The Hall–Kier alpha value is -2.88. The Morgan fingerprint density at radius 1 is 0.960 bits per heavy atom. The Balaban J connectivity index is 0.000000251. The first-order valence-electron chi connectivity index (χ1n) is 8.32. The van der Waals surface area contributed by atoms with E-state index in [1.54, 1.807) is 0 Å². The summed E-state index contributed by atoms with van der Waals surface area (Å²) < 4.78 is 0. The first kappa shape index (κ1) is 20.2. The maximum Gasteiger partial charge on any atom is 0.243 e. The van der Waals surface area contributed by atoms with Crippen LogP contribution in [0.5, 0.6) is 0 Å². The largest absolute Gasteiger partial charge is 0.352 e. The smallest absolute Gasteiger partial charge is 0.243 e. The molecule has 2 rings (SSSR count). The monoisotopic (exact) mass is 338 g/mol. The summed E-state index contributed by atoms with van der Waals surface area (Å²) in [5.41, 5.74) is 3.46. The SMILES string of the molecule is C=CC(=O)NCc1ccccc1C.CCC(=O)NCc1ccccc1. The number of benzene rings is 2. The molecule has 2 aromatic carbocycles. The number of amides is 2. The van der Waals surface area contributed by atoms with Gasteiger partial charge >= 0.3 is 0 Å². The fourth-order valence-corrected chi connectivity index (χ4v) is 1.98. The summed E-state index contributed by atoms with van der Waals surface area (Å²) in [7, 11) is 0. The zero-order valence-corrected chi connectivity index (χ0v) is 14.9. The van der Waals surface area contributed by atoms with Gasteiger partial charge in [-0.05, 0) is 29.7 Å². The van der Waals surface area contributed by atoms with Crippen LogP contribution in [0.25, 0.3) is 0 Å². The minimum Gasteiger partial charge on any atom is -0.352 e. The molecule has 0 aliphatic carbocycles. The number of nitrogens with one attached hydrogen (secondary N) is 2. The topological polar surface area (TPSA) is 58.2 Å². The Morgan fingerprint density at radius 3 is 2.20 bits per heavy atom. The third kappa shape index (κ3) is 8.51. The molecule has 0 aliphatic heterocycles. The van der Waals surface area contributed by atoms with Crippen LogP contribution >= 0.6 is 0 Å². The van der Waals surface area contributed by atoms with E-state index in [2.05, 4.69) is 17.2 Å². The lowest BCUT2D eigenvalue weighted by Crippen LogP contribution is -2.21. The lowest BCUT2D eigenvalue weighted by molar-refractivity contribution is -0.121. The number of hydrogen-bond donors (Lipinski definition) is 2. The Labute approximate surface area is 150 Å². The second kappa shape index (κ2) is 11.6. The van der Waals surface area contributed by atoms with Crippen molar-refractivity contribution in [3.05, 3.63) is 83.9 Å². The molecule has 0 aromatic heterocycles. The summed E-state index contributed by atoms with van der Waals surface area (Å²) in [4.78, 5) is 21.7. The van der Waals surface area contributed by atoms with Crippen molar-refractivity contribution >= 4 is 11.8 Å². The van der Waals surface area contributed by atoms with E-state index in [0.717, 1.165) is 11.1 Å². The maximum absolute atomic E-state index is 10.9. The highest BCUT2D eigenvalue weighted by molar-refractivity contribution is 5.86. The molecule has 2 N–H and O–H groups in total. The summed E-state index contributed by atoms with van der Waals surface area (Å²) in [5.74, 6) is -0.0397. The molecule has 2 amide bonds. The Morgan fingerprint density at radius 2 is 1.60 bits per heavy atom. The van der Waals surface area contributed by atoms with Crippen LogP contribution in [0.2, 0.25) is 0 Å². The van der Waals surface area contributed by atoms with Gasteiger partial charge in [0.25, 0.3) is 0 Å². The van der Waals surface area contributed by atoms with Crippen molar-refractivity contribution in [2.75, 3.05) is 0 Å². The fraction of sp³-hybridized carbons (Fsp3) is 0.238. The summed E-state index contributed by atoms with van der Waals surface area (Å²) >= 11 is 0.